The van der Waals surface area contributed by atoms with Crippen LogP contribution in [0.1, 0.15) is 22.6 Å². The van der Waals surface area contributed by atoms with Crippen molar-refractivity contribution in [2.45, 2.75) is 32.2 Å². The van der Waals surface area contributed by atoms with Gasteiger partial charge < -0.3 is 9.26 Å². The minimum Gasteiger partial charge on any atom is -0.496 e. The van der Waals surface area contributed by atoms with E-state index in [2.05, 4.69) is 5.16 Å². The van der Waals surface area contributed by atoms with Crippen molar-refractivity contribution in [3.63, 3.8) is 0 Å². The molecule has 0 fully saturated rings. The summed E-state index contributed by atoms with van der Waals surface area (Å²) in [5.74, 6) is 1.32. The van der Waals surface area contributed by atoms with Crippen LogP contribution in [0.3, 0.4) is 0 Å². The van der Waals surface area contributed by atoms with Crippen molar-refractivity contribution >= 4 is 10.0 Å². The summed E-state index contributed by atoms with van der Waals surface area (Å²) < 4.78 is 36.9. The van der Waals surface area contributed by atoms with Crippen LogP contribution in [0.4, 0.5) is 0 Å². The van der Waals surface area contributed by atoms with E-state index in [1.54, 1.807) is 39.2 Å². The van der Waals surface area contributed by atoms with Gasteiger partial charge in [-0.1, -0.05) is 5.16 Å². The Morgan fingerprint density at radius 3 is 2.41 bits per heavy atom. The van der Waals surface area contributed by atoms with Gasteiger partial charge in [-0.05, 0) is 44.0 Å². The maximum Gasteiger partial charge on any atom is 0.243 e. The number of nitrogens with zero attached hydrogens (tertiary/aromatic N) is 2. The van der Waals surface area contributed by atoms with E-state index in [0.717, 1.165) is 5.56 Å². The molecule has 0 aliphatic rings. The molecule has 0 spiro atoms. The summed E-state index contributed by atoms with van der Waals surface area (Å²) in [6.07, 6.45) is 0. The molecule has 120 valence electrons. The highest BCUT2D eigenvalue weighted by Gasteiger charge is 2.25. The number of rotatable bonds is 5. The molecule has 0 saturated heterocycles. The first-order valence-corrected chi connectivity index (χ1v) is 8.23. The molecular weight excluding hydrogens is 304 g/mol. The van der Waals surface area contributed by atoms with E-state index in [4.69, 9.17) is 9.26 Å². The van der Waals surface area contributed by atoms with Crippen molar-refractivity contribution in [1.29, 1.82) is 0 Å². The maximum absolute atomic E-state index is 12.7. The van der Waals surface area contributed by atoms with Gasteiger partial charge in [-0.15, -0.1) is 0 Å². The van der Waals surface area contributed by atoms with Crippen LogP contribution >= 0.6 is 0 Å². The van der Waals surface area contributed by atoms with E-state index < -0.39 is 10.0 Å². The third-order valence-corrected chi connectivity index (χ3v) is 5.39. The lowest BCUT2D eigenvalue weighted by Gasteiger charge is -2.18. The van der Waals surface area contributed by atoms with Gasteiger partial charge in [0.05, 0.1) is 24.2 Å². The van der Waals surface area contributed by atoms with Crippen LogP contribution in [0.15, 0.2) is 27.6 Å². The van der Waals surface area contributed by atoms with Crippen molar-refractivity contribution in [1.82, 2.24) is 9.46 Å². The second-order valence-electron chi connectivity index (χ2n) is 5.28. The molecule has 0 atom stereocenters. The molecule has 0 amide bonds. The number of sulfonamides is 1. The number of aryl methyl sites for hydroxylation is 3. The Hall–Kier alpha value is -1.86. The number of aromatic nitrogens is 1. The van der Waals surface area contributed by atoms with Crippen molar-refractivity contribution in [3.8, 4) is 5.75 Å². The lowest BCUT2D eigenvalue weighted by atomic mass is 10.1. The molecule has 7 heteroatoms. The number of hydrogen-bond acceptors (Lipinski definition) is 5. The molecule has 0 N–H and O–H groups in total. The summed E-state index contributed by atoms with van der Waals surface area (Å²) >= 11 is 0. The number of ether oxygens (including phenoxy) is 1. The summed E-state index contributed by atoms with van der Waals surface area (Å²) in [6, 6.07) is 5.09. The highest BCUT2D eigenvalue weighted by Crippen LogP contribution is 2.27. The average Bonchev–Trinajstić information content (AvgIpc) is 2.85. The van der Waals surface area contributed by atoms with E-state index >= 15 is 0 Å². The molecule has 1 aromatic heterocycles. The van der Waals surface area contributed by atoms with E-state index in [1.165, 1.54) is 11.4 Å². The van der Waals surface area contributed by atoms with Crippen LogP contribution in [0.5, 0.6) is 5.75 Å². The first-order valence-electron chi connectivity index (χ1n) is 6.79. The normalized spacial score (nSPS) is 11.9. The Balaban J connectivity index is 2.35. The highest BCUT2D eigenvalue weighted by molar-refractivity contribution is 7.89. The van der Waals surface area contributed by atoms with E-state index in [0.29, 0.717) is 22.8 Å². The van der Waals surface area contributed by atoms with Crippen LogP contribution in [0, 0.1) is 20.8 Å². The summed E-state index contributed by atoms with van der Waals surface area (Å²) in [5, 5.41) is 3.83. The quantitative estimate of drug-likeness (QED) is 0.844. The molecule has 2 aromatic rings. The third kappa shape index (κ3) is 3.15. The van der Waals surface area contributed by atoms with Gasteiger partial charge in [0.15, 0.2) is 0 Å². The third-order valence-electron chi connectivity index (χ3n) is 3.44. The van der Waals surface area contributed by atoms with Gasteiger partial charge in [-0.25, -0.2) is 8.42 Å². The molecule has 22 heavy (non-hydrogen) atoms. The Bertz CT molecular complexity index is 781. The first-order chi connectivity index (χ1) is 10.3. The zero-order chi connectivity index (χ0) is 16.5. The number of hydrogen-bond donors (Lipinski definition) is 0. The molecule has 0 saturated carbocycles. The average molecular weight is 324 g/mol. The molecule has 1 heterocycles. The molecule has 0 bridgehead atoms. The predicted octanol–water partition coefficient (Wildman–Crippen LogP) is 2.43. The van der Waals surface area contributed by atoms with Gasteiger partial charge in [-0.2, -0.15) is 4.31 Å². The Labute approximate surface area is 130 Å². The minimum absolute atomic E-state index is 0.157. The second kappa shape index (κ2) is 6.10. The van der Waals surface area contributed by atoms with Crippen LogP contribution in [0.2, 0.25) is 0 Å². The van der Waals surface area contributed by atoms with Gasteiger partial charge in [0.2, 0.25) is 10.0 Å². The first kappa shape index (κ1) is 16.5. The molecule has 0 aliphatic heterocycles. The zero-order valence-electron chi connectivity index (χ0n) is 13.4. The topological polar surface area (TPSA) is 72.6 Å². The molecule has 0 unspecified atom stereocenters. The van der Waals surface area contributed by atoms with Crippen molar-refractivity contribution in [2.75, 3.05) is 14.2 Å². The fourth-order valence-electron chi connectivity index (χ4n) is 2.23. The van der Waals surface area contributed by atoms with Gasteiger partial charge in [-0.3, -0.25) is 0 Å². The molecule has 0 aliphatic carbocycles. The summed E-state index contributed by atoms with van der Waals surface area (Å²) in [6.45, 7) is 5.49. The Morgan fingerprint density at radius 1 is 1.18 bits per heavy atom. The number of methoxy groups -OCH3 is 1. The predicted molar refractivity (Wildman–Crippen MR) is 82.4 cm³/mol. The smallest absolute Gasteiger partial charge is 0.243 e. The van der Waals surface area contributed by atoms with Gasteiger partial charge >= 0.3 is 0 Å². The Morgan fingerprint density at radius 2 is 1.86 bits per heavy atom. The van der Waals surface area contributed by atoms with Crippen molar-refractivity contribution < 1.29 is 17.7 Å². The fraction of sp³-hybridized carbons (Fsp3) is 0.400. The second-order valence-corrected chi connectivity index (χ2v) is 7.29. The van der Waals surface area contributed by atoms with Gasteiger partial charge in [0.1, 0.15) is 11.5 Å². The van der Waals surface area contributed by atoms with Crippen LogP contribution < -0.4 is 4.74 Å². The molecule has 2 rings (SSSR count). The fourth-order valence-corrected chi connectivity index (χ4v) is 3.66. The summed E-state index contributed by atoms with van der Waals surface area (Å²) in [4.78, 5) is 0.272. The SMILES string of the molecule is COc1cc(C)c(S(=O)(=O)N(C)Cc2cc(C)on2)cc1C. The highest BCUT2D eigenvalue weighted by atomic mass is 32.2. The zero-order valence-corrected chi connectivity index (χ0v) is 14.2. The Kier molecular flexibility index (Phi) is 4.58. The standard InChI is InChI=1S/C15H20N2O4S/c1-10-7-15(11(2)6-14(10)20-5)22(18,19)17(4)9-13-8-12(3)21-16-13/h6-8H,9H2,1-5H3. The lowest BCUT2D eigenvalue weighted by Crippen LogP contribution is -2.27. The monoisotopic (exact) mass is 324 g/mol. The number of benzene rings is 1. The molecule has 0 radical (unpaired) electrons. The molecular formula is C15H20N2O4S. The summed E-state index contributed by atoms with van der Waals surface area (Å²) in [7, 11) is -0.519. The van der Waals surface area contributed by atoms with Crippen LogP contribution in [-0.2, 0) is 16.6 Å². The van der Waals surface area contributed by atoms with Gasteiger partial charge in [0, 0.05) is 13.1 Å². The minimum atomic E-state index is -3.61. The largest absolute Gasteiger partial charge is 0.496 e. The van der Waals surface area contributed by atoms with Crippen LogP contribution in [-0.4, -0.2) is 32.0 Å². The van der Waals surface area contributed by atoms with Crippen molar-refractivity contribution in [3.05, 3.63) is 40.8 Å². The van der Waals surface area contributed by atoms with Crippen LogP contribution in [0.25, 0.3) is 0 Å². The molecule has 1 aromatic carbocycles. The lowest BCUT2D eigenvalue weighted by molar-refractivity contribution is 0.378. The molecule has 6 nitrogen and oxygen atoms in total. The maximum atomic E-state index is 12.7. The summed E-state index contributed by atoms with van der Waals surface area (Å²) in [5.41, 5.74) is 1.99. The van der Waals surface area contributed by atoms with E-state index in [9.17, 15) is 8.42 Å². The van der Waals surface area contributed by atoms with Gasteiger partial charge in [0.25, 0.3) is 0 Å². The van der Waals surface area contributed by atoms with Crippen molar-refractivity contribution in [2.24, 2.45) is 0 Å². The van der Waals surface area contributed by atoms with E-state index in [1.807, 2.05) is 6.92 Å². The van der Waals surface area contributed by atoms with E-state index in [-0.39, 0.29) is 11.4 Å².